The van der Waals surface area contributed by atoms with Crippen molar-refractivity contribution in [2.75, 3.05) is 13.6 Å². The van der Waals surface area contributed by atoms with Crippen molar-refractivity contribution in [2.45, 2.75) is 12.8 Å². The number of likely N-dealkylation sites (N-methyl/N-ethyl adjacent to an activating group) is 1. The van der Waals surface area contributed by atoms with Crippen molar-refractivity contribution in [1.29, 1.82) is 0 Å². The number of carbonyl (C=O) groups is 1. The van der Waals surface area contributed by atoms with E-state index in [-0.39, 0.29) is 5.91 Å². The molecule has 15 heavy (non-hydrogen) atoms. The molecule has 0 bridgehead atoms. The number of thiophene rings is 1. The fourth-order valence-electron chi connectivity index (χ4n) is 1.10. The standard InChI is InChI=1S/C10H14N2OS2/c1-12(5-4-9(11)14)10(13)7-8-3-2-6-15-8/h2-3,6H,4-5,7H2,1H3,(H2,11,14). The molecule has 2 N–H and O–H groups in total. The Balaban J connectivity index is 2.36. The first-order chi connectivity index (χ1) is 7.09. The Bertz CT molecular complexity index is 335. The summed E-state index contributed by atoms with van der Waals surface area (Å²) in [5.41, 5.74) is 5.37. The van der Waals surface area contributed by atoms with Crippen LogP contribution in [-0.4, -0.2) is 29.4 Å². The van der Waals surface area contributed by atoms with Gasteiger partial charge in [-0.25, -0.2) is 0 Å². The monoisotopic (exact) mass is 242 g/mol. The van der Waals surface area contributed by atoms with Gasteiger partial charge in [-0.3, -0.25) is 4.79 Å². The summed E-state index contributed by atoms with van der Waals surface area (Å²) < 4.78 is 0. The lowest BCUT2D eigenvalue weighted by Gasteiger charge is -2.16. The van der Waals surface area contributed by atoms with Crippen molar-refractivity contribution in [2.24, 2.45) is 5.73 Å². The molecular formula is C10H14N2OS2. The first kappa shape index (κ1) is 12.1. The van der Waals surface area contributed by atoms with Gasteiger partial charge in [0, 0.05) is 24.9 Å². The van der Waals surface area contributed by atoms with E-state index in [0.29, 0.717) is 24.4 Å². The predicted molar refractivity (Wildman–Crippen MR) is 67.1 cm³/mol. The summed E-state index contributed by atoms with van der Waals surface area (Å²) >= 11 is 6.35. The molecule has 0 aliphatic carbocycles. The van der Waals surface area contributed by atoms with Gasteiger partial charge in [0.1, 0.15) is 0 Å². The fraction of sp³-hybridized carbons (Fsp3) is 0.400. The van der Waals surface area contributed by atoms with Gasteiger partial charge in [-0.2, -0.15) is 0 Å². The molecular weight excluding hydrogens is 228 g/mol. The third-order valence-corrected chi connectivity index (χ3v) is 3.11. The SMILES string of the molecule is CN(CCC(N)=S)C(=O)Cc1cccs1. The number of rotatable bonds is 5. The first-order valence-electron chi connectivity index (χ1n) is 4.64. The number of amides is 1. The summed E-state index contributed by atoms with van der Waals surface area (Å²) in [5.74, 6) is 0.105. The highest BCUT2D eigenvalue weighted by Gasteiger charge is 2.09. The molecule has 5 heteroatoms. The first-order valence-corrected chi connectivity index (χ1v) is 5.93. The lowest BCUT2D eigenvalue weighted by Crippen LogP contribution is -2.31. The van der Waals surface area contributed by atoms with Gasteiger partial charge in [-0.05, 0) is 11.4 Å². The lowest BCUT2D eigenvalue weighted by atomic mass is 10.3. The van der Waals surface area contributed by atoms with E-state index in [1.54, 1.807) is 23.3 Å². The third kappa shape index (κ3) is 4.40. The second-order valence-corrected chi connectivity index (χ2v) is 4.84. The average molecular weight is 242 g/mol. The quantitative estimate of drug-likeness (QED) is 0.794. The van der Waals surface area contributed by atoms with Gasteiger partial charge in [0.25, 0.3) is 0 Å². The second kappa shape index (κ2) is 5.82. The molecule has 0 spiro atoms. The van der Waals surface area contributed by atoms with E-state index in [1.165, 1.54) is 0 Å². The van der Waals surface area contributed by atoms with Crippen LogP contribution in [0.4, 0.5) is 0 Å². The van der Waals surface area contributed by atoms with E-state index in [4.69, 9.17) is 18.0 Å². The highest BCUT2D eigenvalue weighted by atomic mass is 32.1. The molecule has 1 rings (SSSR count). The van der Waals surface area contributed by atoms with Gasteiger partial charge in [0.05, 0.1) is 11.4 Å². The Kier molecular flexibility index (Phi) is 4.71. The molecule has 0 fully saturated rings. The van der Waals surface area contributed by atoms with Gasteiger partial charge >= 0.3 is 0 Å². The largest absolute Gasteiger partial charge is 0.393 e. The molecule has 0 unspecified atom stereocenters. The Morgan fingerprint density at radius 2 is 2.40 bits per heavy atom. The van der Waals surface area contributed by atoms with Crippen molar-refractivity contribution in [1.82, 2.24) is 4.90 Å². The van der Waals surface area contributed by atoms with Crippen LogP contribution in [0.2, 0.25) is 0 Å². The summed E-state index contributed by atoms with van der Waals surface area (Å²) in [7, 11) is 1.77. The molecule has 1 aromatic rings. The van der Waals surface area contributed by atoms with E-state index in [0.717, 1.165) is 4.88 Å². The highest BCUT2D eigenvalue weighted by molar-refractivity contribution is 7.80. The van der Waals surface area contributed by atoms with Crippen LogP contribution in [0.5, 0.6) is 0 Å². The zero-order valence-corrected chi connectivity index (χ0v) is 10.2. The van der Waals surface area contributed by atoms with Gasteiger partial charge < -0.3 is 10.6 Å². The Morgan fingerprint density at radius 1 is 1.67 bits per heavy atom. The molecule has 0 saturated heterocycles. The Hall–Kier alpha value is -0.940. The molecule has 0 radical (unpaired) electrons. The predicted octanol–water partition coefficient (Wildman–Crippen LogP) is 1.43. The van der Waals surface area contributed by atoms with Crippen molar-refractivity contribution < 1.29 is 4.79 Å². The normalized spacial score (nSPS) is 9.93. The summed E-state index contributed by atoms with van der Waals surface area (Å²) in [6, 6.07) is 3.91. The van der Waals surface area contributed by atoms with Gasteiger partial charge in [0.15, 0.2) is 0 Å². The van der Waals surface area contributed by atoms with E-state index in [1.807, 2.05) is 17.5 Å². The minimum Gasteiger partial charge on any atom is -0.393 e. The van der Waals surface area contributed by atoms with Crippen molar-refractivity contribution in [3.63, 3.8) is 0 Å². The number of thiocarbonyl (C=S) groups is 1. The molecule has 1 aromatic heterocycles. The fourth-order valence-corrected chi connectivity index (χ4v) is 1.89. The summed E-state index contributed by atoms with van der Waals surface area (Å²) in [5, 5.41) is 1.97. The summed E-state index contributed by atoms with van der Waals surface area (Å²) in [4.78, 5) is 14.9. The van der Waals surface area contributed by atoms with Crippen molar-refractivity contribution >= 4 is 34.5 Å². The van der Waals surface area contributed by atoms with Gasteiger partial charge in [-0.1, -0.05) is 18.3 Å². The number of hydrogen-bond donors (Lipinski definition) is 1. The molecule has 0 atom stereocenters. The second-order valence-electron chi connectivity index (χ2n) is 3.29. The van der Waals surface area contributed by atoms with Crippen LogP contribution in [0, 0.1) is 0 Å². The van der Waals surface area contributed by atoms with Crippen LogP contribution in [0.1, 0.15) is 11.3 Å². The number of hydrogen-bond acceptors (Lipinski definition) is 3. The Labute approximate surface area is 98.9 Å². The van der Waals surface area contributed by atoms with Gasteiger partial charge in [0.2, 0.25) is 5.91 Å². The maximum Gasteiger partial charge on any atom is 0.227 e. The molecule has 3 nitrogen and oxygen atoms in total. The third-order valence-electron chi connectivity index (χ3n) is 2.02. The highest BCUT2D eigenvalue weighted by Crippen LogP contribution is 2.10. The average Bonchev–Trinajstić information content (AvgIpc) is 2.66. The molecule has 0 saturated carbocycles. The maximum atomic E-state index is 11.7. The van der Waals surface area contributed by atoms with Crippen LogP contribution in [0.3, 0.4) is 0 Å². The number of nitrogens with zero attached hydrogens (tertiary/aromatic N) is 1. The minimum atomic E-state index is 0.105. The van der Waals surface area contributed by atoms with Crippen LogP contribution >= 0.6 is 23.6 Å². The maximum absolute atomic E-state index is 11.7. The molecule has 1 amide bonds. The lowest BCUT2D eigenvalue weighted by molar-refractivity contribution is -0.129. The number of nitrogens with two attached hydrogens (primary N) is 1. The van der Waals surface area contributed by atoms with Crippen molar-refractivity contribution in [3.8, 4) is 0 Å². The molecule has 0 aliphatic rings. The molecule has 82 valence electrons. The summed E-state index contributed by atoms with van der Waals surface area (Å²) in [6.07, 6.45) is 1.05. The van der Waals surface area contributed by atoms with Crippen LogP contribution in [0.15, 0.2) is 17.5 Å². The zero-order valence-electron chi connectivity index (χ0n) is 8.60. The van der Waals surface area contributed by atoms with E-state index >= 15 is 0 Å². The van der Waals surface area contributed by atoms with Gasteiger partial charge in [-0.15, -0.1) is 11.3 Å². The van der Waals surface area contributed by atoms with Crippen LogP contribution in [-0.2, 0) is 11.2 Å². The zero-order chi connectivity index (χ0) is 11.3. The molecule has 0 aromatic carbocycles. The molecule has 1 heterocycles. The van der Waals surface area contributed by atoms with E-state index in [9.17, 15) is 4.79 Å². The van der Waals surface area contributed by atoms with Crippen LogP contribution in [0.25, 0.3) is 0 Å². The smallest absolute Gasteiger partial charge is 0.227 e. The topological polar surface area (TPSA) is 46.3 Å². The van der Waals surface area contributed by atoms with E-state index < -0.39 is 0 Å². The summed E-state index contributed by atoms with van der Waals surface area (Å²) in [6.45, 7) is 0.597. The Morgan fingerprint density at radius 3 is 2.93 bits per heavy atom. The molecule has 0 aliphatic heterocycles. The van der Waals surface area contributed by atoms with Crippen LogP contribution < -0.4 is 5.73 Å². The number of carbonyl (C=O) groups excluding carboxylic acids is 1. The van der Waals surface area contributed by atoms with Crippen molar-refractivity contribution in [3.05, 3.63) is 22.4 Å². The van der Waals surface area contributed by atoms with E-state index in [2.05, 4.69) is 0 Å². The minimum absolute atomic E-state index is 0.105.